The number of aliphatic hydroxyl groups excluding tert-OH is 1. The molecule has 0 aliphatic carbocycles. The Hall–Kier alpha value is -1.52. The molecule has 0 spiro atoms. The number of amides is 1. The normalized spacial score (nSPS) is 15.2. The molecule has 0 fully saturated rings. The van der Waals surface area contributed by atoms with E-state index in [2.05, 4.69) is 16.0 Å². The summed E-state index contributed by atoms with van der Waals surface area (Å²) in [5.41, 5.74) is 0. The third-order valence-corrected chi connectivity index (χ3v) is 4.63. The van der Waals surface area contributed by atoms with Gasteiger partial charge in [-0.2, -0.15) is 0 Å². The van der Waals surface area contributed by atoms with Gasteiger partial charge >= 0.3 is 19.8 Å². The molecule has 170 valence electrons. The fourth-order valence-corrected chi connectivity index (χ4v) is 2.94. The Bertz CT molecular complexity index is 556. The summed E-state index contributed by atoms with van der Waals surface area (Å²) >= 11 is 0. The van der Waals surface area contributed by atoms with Gasteiger partial charge in [-0.25, -0.2) is 9.36 Å². The summed E-state index contributed by atoms with van der Waals surface area (Å²) in [6, 6.07) is -1.54. The first kappa shape index (κ1) is 27.5. The molecule has 0 radical (unpaired) electrons. The first-order valence-electron chi connectivity index (χ1n) is 9.52. The maximum atomic E-state index is 11.7. The Labute approximate surface area is 170 Å². The van der Waals surface area contributed by atoms with E-state index in [4.69, 9.17) is 9.84 Å². The smallest absolute Gasteiger partial charge is 0.472 e. The standard InChI is InChI=1S/C17H32NO10P/c1-3-4-5-6-7-8-9-16(21)26-10-14(20)11-27-29(24,25)28-12-15(17(22)23)18-13(2)19/h14-15,20H,3-12H2,1-2H3,(H,18,19)(H,22,23)(H,24,25). The van der Waals surface area contributed by atoms with Gasteiger partial charge in [-0.3, -0.25) is 18.6 Å². The number of ether oxygens (including phenoxy) is 1. The Morgan fingerprint density at radius 2 is 1.59 bits per heavy atom. The first-order chi connectivity index (χ1) is 13.6. The lowest BCUT2D eigenvalue weighted by Gasteiger charge is -2.18. The summed E-state index contributed by atoms with van der Waals surface area (Å²) in [6.07, 6.45) is 4.95. The number of aliphatic carboxylic acids is 1. The molecule has 0 saturated heterocycles. The molecule has 0 heterocycles. The second-order valence-corrected chi connectivity index (χ2v) is 7.96. The maximum Gasteiger partial charge on any atom is 0.472 e. The number of carboxylic acids is 1. The van der Waals surface area contributed by atoms with Crippen molar-refractivity contribution in [1.29, 1.82) is 0 Å². The molecule has 12 heteroatoms. The van der Waals surface area contributed by atoms with Crippen molar-refractivity contribution in [3.8, 4) is 0 Å². The van der Waals surface area contributed by atoms with Crippen LogP contribution in [0.3, 0.4) is 0 Å². The highest BCUT2D eigenvalue weighted by Crippen LogP contribution is 2.43. The molecular formula is C17H32NO10P. The van der Waals surface area contributed by atoms with Gasteiger partial charge in [0.25, 0.3) is 0 Å². The van der Waals surface area contributed by atoms with E-state index in [0.29, 0.717) is 6.42 Å². The highest BCUT2D eigenvalue weighted by atomic mass is 31.2. The lowest BCUT2D eigenvalue weighted by atomic mass is 10.1. The monoisotopic (exact) mass is 441 g/mol. The Morgan fingerprint density at radius 3 is 2.17 bits per heavy atom. The molecule has 0 bridgehead atoms. The quantitative estimate of drug-likeness (QED) is 0.147. The Morgan fingerprint density at radius 1 is 1.00 bits per heavy atom. The van der Waals surface area contributed by atoms with Crippen molar-refractivity contribution in [2.75, 3.05) is 19.8 Å². The zero-order chi connectivity index (χ0) is 22.3. The fraction of sp³-hybridized carbons (Fsp3) is 0.824. The molecular weight excluding hydrogens is 409 g/mol. The van der Waals surface area contributed by atoms with Crippen molar-refractivity contribution < 1.29 is 47.8 Å². The van der Waals surface area contributed by atoms with Gasteiger partial charge in [-0.15, -0.1) is 0 Å². The topological polar surface area (TPSA) is 169 Å². The van der Waals surface area contributed by atoms with Crippen molar-refractivity contribution in [3.05, 3.63) is 0 Å². The molecule has 11 nitrogen and oxygen atoms in total. The van der Waals surface area contributed by atoms with Gasteiger partial charge in [0.05, 0.1) is 13.2 Å². The second-order valence-electron chi connectivity index (χ2n) is 6.51. The molecule has 0 aromatic heterocycles. The number of phosphoric acid groups is 1. The van der Waals surface area contributed by atoms with E-state index in [0.717, 1.165) is 32.6 Å². The van der Waals surface area contributed by atoms with Crippen LogP contribution in [0.25, 0.3) is 0 Å². The predicted molar refractivity (Wildman–Crippen MR) is 102 cm³/mol. The molecule has 4 N–H and O–H groups in total. The maximum absolute atomic E-state index is 11.7. The summed E-state index contributed by atoms with van der Waals surface area (Å²) in [6.45, 7) is 1.29. The highest BCUT2D eigenvalue weighted by Gasteiger charge is 2.28. The summed E-state index contributed by atoms with van der Waals surface area (Å²) in [4.78, 5) is 42.9. The van der Waals surface area contributed by atoms with Gasteiger partial charge in [0.1, 0.15) is 12.7 Å². The minimum atomic E-state index is -4.68. The van der Waals surface area contributed by atoms with E-state index >= 15 is 0 Å². The lowest BCUT2D eigenvalue weighted by Crippen LogP contribution is -2.42. The lowest BCUT2D eigenvalue weighted by molar-refractivity contribution is -0.147. The van der Waals surface area contributed by atoms with Crippen molar-refractivity contribution in [3.63, 3.8) is 0 Å². The number of esters is 1. The van der Waals surface area contributed by atoms with Gasteiger partial charge in [-0.05, 0) is 6.42 Å². The van der Waals surface area contributed by atoms with Gasteiger partial charge in [0.15, 0.2) is 6.04 Å². The molecule has 0 aromatic rings. The molecule has 0 aromatic carbocycles. The number of aliphatic hydroxyl groups is 1. The van der Waals surface area contributed by atoms with Crippen LogP contribution in [0.1, 0.15) is 58.8 Å². The van der Waals surface area contributed by atoms with Crippen molar-refractivity contribution in [2.45, 2.75) is 70.9 Å². The van der Waals surface area contributed by atoms with Crippen LogP contribution in [0.2, 0.25) is 0 Å². The minimum absolute atomic E-state index is 0.223. The molecule has 0 aliphatic heterocycles. The molecule has 0 saturated carbocycles. The van der Waals surface area contributed by atoms with Crippen LogP contribution in [0.15, 0.2) is 0 Å². The number of phosphoric ester groups is 1. The van der Waals surface area contributed by atoms with Crippen LogP contribution in [-0.2, 0) is 32.7 Å². The van der Waals surface area contributed by atoms with E-state index < -0.39 is 57.6 Å². The summed E-state index contributed by atoms with van der Waals surface area (Å²) in [5.74, 6) is -2.60. The number of nitrogens with one attached hydrogen (secondary N) is 1. The highest BCUT2D eigenvalue weighted by molar-refractivity contribution is 7.47. The first-order valence-corrected chi connectivity index (χ1v) is 11.0. The Balaban J connectivity index is 4.04. The van der Waals surface area contributed by atoms with Crippen LogP contribution < -0.4 is 5.32 Å². The third kappa shape index (κ3) is 16.0. The second kappa shape index (κ2) is 15.3. The number of hydrogen-bond acceptors (Lipinski definition) is 8. The van der Waals surface area contributed by atoms with Crippen LogP contribution in [0.5, 0.6) is 0 Å². The number of hydrogen-bond donors (Lipinski definition) is 4. The molecule has 0 aliphatic rings. The van der Waals surface area contributed by atoms with Gasteiger partial charge in [0, 0.05) is 13.3 Å². The molecule has 3 unspecified atom stereocenters. The van der Waals surface area contributed by atoms with Gasteiger partial charge < -0.3 is 25.2 Å². The molecule has 3 atom stereocenters. The Kier molecular flexibility index (Phi) is 14.5. The summed E-state index contributed by atoms with van der Waals surface area (Å²) in [7, 11) is -4.68. The van der Waals surface area contributed by atoms with Crippen LogP contribution in [-0.4, -0.2) is 64.9 Å². The number of carbonyl (C=O) groups excluding carboxylic acids is 2. The largest absolute Gasteiger partial charge is 0.480 e. The average molecular weight is 441 g/mol. The number of unbranched alkanes of at least 4 members (excludes halogenated alkanes) is 5. The SMILES string of the molecule is CCCCCCCCC(=O)OCC(O)COP(=O)(O)OCC(NC(C)=O)C(=O)O. The van der Waals surface area contributed by atoms with E-state index in [1.54, 1.807) is 0 Å². The molecule has 0 rings (SSSR count). The van der Waals surface area contributed by atoms with E-state index in [-0.39, 0.29) is 6.42 Å². The van der Waals surface area contributed by atoms with E-state index in [1.807, 2.05) is 5.32 Å². The summed E-state index contributed by atoms with van der Waals surface area (Å²) < 4.78 is 25.6. The van der Waals surface area contributed by atoms with Gasteiger partial charge in [-0.1, -0.05) is 39.0 Å². The average Bonchev–Trinajstić information content (AvgIpc) is 2.64. The predicted octanol–water partition coefficient (Wildman–Crippen LogP) is 1.36. The zero-order valence-electron chi connectivity index (χ0n) is 16.9. The van der Waals surface area contributed by atoms with Gasteiger partial charge in [0.2, 0.25) is 5.91 Å². The molecule has 1 amide bonds. The van der Waals surface area contributed by atoms with Crippen LogP contribution in [0.4, 0.5) is 0 Å². The number of carbonyl (C=O) groups is 3. The zero-order valence-corrected chi connectivity index (χ0v) is 17.8. The minimum Gasteiger partial charge on any atom is -0.480 e. The van der Waals surface area contributed by atoms with Crippen molar-refractivity contribution in [2.24, 2.45) is 0 Å². The van der Waals surface area contributed by atoms with Crippen molar-refractivity contribution >= 4 is 25.7 Å². The number of rotatable bonds is 17. The number of carboxylic acid groups (broad SMARTS) is 1. The van der Waals surface area contributed by atoms with Crippen LogP contribution >= 0.6 is 7.82 Å². The van der Waals surface area contributed by atoms with Crippen molar-refractivity contribution in [1.82, 2.24) is 5.32 Å². The summed E-state index contributed by atoms with van der Waals surface area (Å²) in [5, 5.41) is 20.6. The van der Waals surface area contributed by atoms with E-state index in [9.17, 15) is 28.9 Å². The van der Waals surface area contributed by atoms with Crippen LogP contribution in [0, 0.1) is 0 Å². The fourth-order valence-electron chi connectivity index (χ4n) is 2.17. The molecule has 29 heavy (non-hydrogen) atoms. The van der Waals surface area contributed by atoms with E-state index in [1.165, 1.54) is 6.42 Å². The third-order valence-electron chi connectivity index (χ3n) is 3.68.